The first-order chi connectivity index (χ1) is 10.6. The second kappa shape index (κ2) is 5.34. The highest BCUT2D eigenvalue weighted by Crippen LogP contribution is 2.28. The van der Waals surface area contributed by atoms with Gasteiger partial charge in [0.1, 0.15) is 12.8 Å². The number of rotatable bonds is 3. The molecular formula is C15H14N2O5. The van der Waals surface area contributed by atoms with Crippen molar-refractivity contribution in [1.29, 1.82) is 0 Å². The molecule has 4 amide bonds. The lowest BCUT2D eigenvalue weighted by Crippen LogP contribution is -2.56. The number of hydrogen-bond donors (Lipinski definition) is 0. The van der Waals surface area contributed by atoms with Crippen molar-refractivity contribution >= 4 is 23.6 Å². The maximum absolute atomic E-state index is 12.4. The number of benzene rings is 1. The summed E-state index contributed by atoms with van der Waals surface area (Å²) in [7, 11) is 1.37. The Morgan fingerprint density at radius 2 is 1.68 bits per heavy atom. The first-order valence-corrected chi connectivity index (χ1v) is 6.86. The summed E-state index contributed by atoms with van der Waals surface area (Å²) in [6.45, 7) is -0.183. The molecule has 2 aliphatic heterocycles. The van der Waals surface area contributed by atoms with Gasteiger partial charge in [0, 0.05) is 13.5 Å². The van der Waals surface area contributed by atoms with Gasteiger partial charge in [-0.15, -0.1) is 0 Å². The third-order valence-corrected chi connectivity index (χ3v) is 3.88. The van der Waals surface area contributed by atoms with E-state index in [1.165, 1.54) is 7.11 Å². The van der Waals surface area contributed by atoms with Crippen LogP contribution in [0.2, 0.25) is 0 Å². The molecule has 7 nitrogen and oxygen atoms in total. The number of hydrogen-bond acceptors (Lipinski definition) is 5. The zero-order valence-corrected chi connectivity index (χ0v) is 11.9. The molecule has 0 aliphatic carbocycles. The van der Waals surface area contributed by atoms with E-state index in [2.05, 4.69) is 0 Å². The second-order valence-electron chi connectivity index (χ2n) is 5.16. The molecule has 1 atom stereocenters. The number of fused-ring (bicyclic) bond motifs is 1. The Hall–Kier alpha value is -2.54. The molecule has 1 unspecified atom stereocenters. The Labute approximate surface area is 126 Å². The van der Waals surface area contributed by atoms with Crippen molar-refractivity contribution in [2.75, 3.05) is 13.8 Å². The summed E-state index contributed by atoms with van der Waals surface area (Å²) in [5.74, 6) is -1.93. The molecule has 1 aromatic carbocycles. The summed E-state index contributed by atoms with van der Waals surface area (Å²) in [5, 5.41) is 0. The third kappa shape index (κ3) is 2.01. The number of ether oxygens (including phenoxy) is 1. The zero-order valence-electron chi connectivity index (χ0n) is 11.9. The van der Waals surface area contributed by atoms with Gasteiger partial charge in [-0.05, 0) is 18.6 Å². The second-order valence-corrected chi connectivity index (χ2v) is 5.16. The SMILES string of the molecule is COCN1C(=O)CCC(N2C(=O)c3ccccc3C2=O)C1=O. The van der Waals surface area contributed by atoms with Crippen molar-refractivity contribution in [3.05, 3.63) is 35.4 Å². The van der Waals surface area contributed by atoms with Crippen LogP contribution in [0.5, 0.6) is 0 Å². The van der Waals surface area contributed by atoms with Gasteiger partial charge in [0.2, 0.25) is 5.91 Å². The molecule has 1 saturated heterocycles. The van der Waals surface area contributed by atoms with Crippen molar-refractivity contribution in [3.63, 3.8) is 0 Å². The summed E-state index contributed by atoms with van der Waals surface area (Å²) in [6, 6.07) is 5.48. The fourth-order valence-corrected chi connectivity index (χ4v) is 2.82. The quantitative estimate of drug-likeness (QED) is 0.755. The Bertz CT molecular complexity index is 649. The van der Waals surface area contributed by atoms with Gasteiger partial charge >= 0.3 is 0 Å². The maximum Gasteiger partial charge on any atom is 0.262 e. The van der Waals surface area contributed by atoms with E-state index in [1.54, 1.807) is 24.3 Å². The number of imide groups is 2. The normalized spacial score (nSPS) is 21.6. The van der Waals surface area contributed by atoms with Crippen LogP contribution in [0.4, 0.5) is 0 Å². The van der Waals surface area contributed by atoms with E-state index < -0.39 is 23.8 Å². The van der Waals surface area contributed by atoms with Crippen molar-refractivity contribution < 1.29 is 23.9 Å². The molecule has 3 rings (SSSR count). The average Bonchev–Trinajstić information content (AvgIpc) is 2.77. The monoisotopic (exact) mass is 302 g/mol. The number of piperidine rings is 1. The van der Waals surface area contributed by atoms with Crippen LogP contribution in [0.15, 0.2) is 24.3 Å². The Kier molecular flexibility index (Phi) is 3.50. The minimum atomic E-state index is -0.958. The molecule has 22 heavy (non-hydrogen) atoms. The summed E-state index contributed by atoms with van der Waals surface area (Å²) in [4.78, 5) is 50.9. The van der Waals surface area contributed by atoms with Gasteiger partial charge < -0.3 is 4.74 Å². The molecule has 0 bridgehead atoms. The van der Waals surface area contributed by atoms with Crippen LogP contribution in [0.25, 0.3) is 0 Å². The van der Waals surface area contributed by atoms with Gasteiger partial charge in [0.25, 0.3) is 17.7 Å². The predicted molar refractivity (Wildman–Crippen MR) is 73.7 cm³/mol. The molecule has 2 aliphatic rings. The van der Waals surface area contributed by atoms with Crippen LogP contribution in [-0.4, -0.2) is 53.3 Å². The Morgan fingerprint density at radius 1 is 1.09 bits per heavy atom. The highest BCUT2D eigenvalue weighted by Gasteiger charge is 2.46. The van der Waals surface area contributed by atoms with Crippen LogP contribution >= 0.6 is 0 Å². The van der Waals surface area contributed by atoms with Gasteiger partial charge in [-0.25, -0.2) is 0 Å². The van der Waals surface area contributed by atoms with E-state index in [4.69, 9.17) is 4.74 Å². The van der Waals surface area contributed by atoms with Gasteiger partial charge in [-0.1, -0.05) is 12.1 Å². The molecule has 114 valence electrons. The highest BCUT2D eigenvalue weighted by molar-refractivity contribution is 6.23. The summed E-state index contributed by atoms with van der Waals surface area (Å²) in [5.41, 5.74) is 0.575. The van der Waals surface area contributed by atoms with E-state index in [0.717, 1.165) is 9.80 Å². The fraction of sp³-hybridized carbons (Fsp3) is 0.333. The summed E-state index contributed by atoms with van der Waals surface area (Å²) >= 11 is 0. The number of likely N-dealkylation sites (tertiary alicyclic amines) is 1. The topological polar surface area (TPSA) is 84.0 Å². The van der Waals surface area contributed by atoms with Crippen LogP contribution in [0.1, 0.15) is 33.6 Å². The number of carbonyl (C=O) groups excluding carboxylic acids is 4. The molecule has 0 spiro atoms. The molecule has 0 aromatic heterocycles. The third-order valence-electron chi connectivity index (χ3n) is 3.88. The van der Waals surface area contributed by atoms with Crippen LogP contribution < -0.4 is 0 Å². The van der Waals surface area contributed by atoms with Crippen molar-refractivity contribution in [2.45, 2.75) is 18.9 Å². The van der Waals surface area contributed by atoms with Crippen LogP contribution in [0, 0.1) is 0 Å². The summed E-state index contributed by atoms with van der Waals surface area (Å²) < 4.78 is 4.84. The van der Waals surface area contributed by atoms with Crippen molar-refractivity contribution in [2.24, 2.45) is 0 Å². The molecule has 0 radical (unpaired) electrons. The molecule has 2 heterocycles. The number of nitrogens with zero attached hydrogens (tertiary/aromatic N) is 2. The lowest BCUT2D eigenvalue weighted by Gasteiger charge is -2.33. The first kappa shape index (κ1) is 14.4. The fourth-order valence-electron chi connectivity index (χ4n) is 2.82. The van der Waals surface area contributed by atoms with Gasteiger partial charge in [0.05, 0.1) is 11.1 Å². The van der Waals surface area contributed by atoms with E-state index in [0.29, 0.717) is 0 Å². The first-order valence-electron chi connectivity index (χ1n) is 6.86. The van der Waals surface area contributed by atoms with E-state index >= 15 is 0 Å². The molecule has 1 fully saturated rings. The van der Waals surface area contributed by atoms with E-state index in [1.807, 2.05) is 0 Å². The minimum absolute atomic E-state index is 0.0904. The number of methoxy groups -OCH3 is 1. The van der Waals surface area contributed by atoms with Crippen LogP contribution in [0.3, 0.4) is 0 Å². The van der Waals surface area contributed by atoms with Gasteiger partial charge in [0.15, 0.2) is 0 Å². The molecule has 0 saturated carbocycles. The zero-order chi connectivity index (χ0) is 15.9. The summed E-state index contributed by atoms with van der Waals surface area (Å²) in [6.07, 6.45) is 0.233. The Morgan fingerprint density at radius 3 is 2.23 bits per heavy atom. The number of amides is 4. The van der Waals surface area contributed by atoms with E-state index in [-0.39, 0.29) is 36.6 Å². The van der Waals surface area contributed by atoms with Gasteiger partial charge in [-0.2, -0.15) is 0 Å². The molecular weight excluding hydrogens is 288 g/mol. The predicted octanol–water partition coefficient (Wildman–Crippen LogP) is 0.404. The highest BCUT2D eigenvalue weighted by atomic mass is 16.5. The van der Waals surface area contributed by atoms with Gasteiger partial charge in [-0.3, -0.25) is 29.0 Å². The number of carbonyl (C=O) groups is 4. The van der Waals surface area contributed by atoms with Crippen molar-refractivity contribution in [1.82, 2.24) is 9.80 Å². The van der Waals surface area contributed by atoms with Crippen molar-refractivity contribution in [3.8, 4) is 0 Å². The standard InChI is InChI=1S/C15H14N2O5/c1-22-8-16-12(18)7-6-11(15(16)21)17-13(19)9-4-2-3-5-10(9)14(17)20/h2-5,11H,6-8H2,1H3. The smallest absolute Gasteiger partial charge is 0.262 e. The lowest BCUT2D eigenvalue weighted by molar-refractivity contribution is -0.157. The lowest BCUT2D eigenvalue weighted by atomic mass is 10.0. The average molecular weight is 302 g/mol. The van der Waals surface area contributed by atoms with E-state index in [9.17, 15) is 19.2 Å². The molecule has 1 aromatic rings. The molecule has 7 heteroatoms. The maximum atomic E-state index is 12.4. The Balaban J connectivity index is 1.92. The largest absolute Gasteiger partial charge is 0.364 e. The molecule has 0 N–H and O–H groups in total. The minimum Gasteiger partial charge on any atom is -0.364 e. The van der Waals surface area contributed by atoms with Crippen LogP contribution in [-0.2, 0) is 14.3 Å².